The molecule has 3 rings (SSSR count). The van der Waals surface area contributed by atoms with E-state index >= 15 is 0 Å². The van der Waals surface area contributed by atoms with Gasteiger partial charge in [-0.15, -0.1) is 0 Å². The second-order valence-corrected chi connectivity index (χ2v) is 5.89. The van der Waals surface area contributed by atoms with Crippen LogP contribution in [0.15, 0.2) is 28.7 Å². The summed E-state index contributed by atoms with van der Waals surface area (Å²) in [6.45, 7) is 5.05. The topological polar surface area (TPSA) is 67.6 Å². The molecule has 0 atom stereocenters. The summed E-state index contributed by atoms with van der Waals surface area (Å²) >= 11 is 6.05. The molecule has 2 aromatic rings. The van der Waals surface area contributed by atoms with E-state index in [1.54, 1.807) is 11.0 Å². The third kappa shape index (κ3) is 3.59. The van der Waals surface area contributed by atoms with E-state index in [-0.39, 0.29) is 18.7 Å². The van der Waals surface area contributed by atoms with Crippen LogP contribution >= 0.6 is 11.6 Å². The zero-order valence-corrected chi connectivity index (χ0v) is 13.8. The first-order valence-corrected chi connectivity index (χ1v) is 7.77. The monoisotopic (exact) mass is 335 g/mol. The Balaban J connectivity index is 1.44. The number of urea groups is 1. The highest BCUT2D eigenvalue weighted by Gasteiger charge is 2.32. The summed E-state index contributed by atoms with van der Waals surface area (Å²) in [5.41, 5.74) is 0.839. The van der Waals surface area contributed by atoms with Crippen molar-refractivity contribution in [2.75, 3.05) is 13.1 Å². The maximum Gasteiger partial charge on any atom is 0.318 e. The molecule has 1 aliphatic rings. The number of carbonyl (C=O) groups excluding carboxylic acids is 1. The van der Waals surface area contributed by atoms with E-state index in [9.17, 15) is 4.79 Å². The number of benzene rings is 1. The van der Waals surface area contributed by atoms with E-state index in [1.807, 2.05) is 32.0 Å². The Morgan fingerprint density at radius 1 is 1.43 bits per heavy atom. The fourth-order valence-corrected chi connectivity index (χ4v) is 2.46. The number of nitrogens with zero attached hydrogens (tertiary/aromatic N) is 2. The largest absolute Gasteiger partial charge is 0.485 e. The standard InChI is InChI=1S/C16H18ClN3O3/c1-10-11(2)22-15(19-10)7-18-16(21)20-8-12(9-20)23-14-6-4-3-5-13(14)17/h3-6,12H,7-9H2,1-2H3,(H,18,21). The average Bonchev–Trinajstić information content (AvgIpc) is 2.80. The maximum atomic E-state index is 12.0. The summed E-state index contributed by atoms with van der Waals surface area (Å²) in [5, 5.41) is 3.36. The summed E-state index contributed by atoms with van der Waals surface area (Å²) in [4.78, 5) is 17.9. The minimum Gasteiger partial charge on any atom is -0.485 e. The Morgan fingerprint density at radius 2 is 2.17 bits per heavy atom. The minimum absolute atomic E-state index is 0.0353. The number of oxazole rings is 1. The molecule has 122 valence electrons. The third-order valence-corrected chi connectivity index (χ3v) is 4.04. The molecule has 0 saturated carbocycles. The van der Waals surface area contributed by atoms with Crippen molar-refractivity contribution in [2.45, 2.75) is 26.5 Å². The molecular weight excluding hydrogens is 318 g/mol. The number of likely N-dealkylation sites (tertiary alicyclic amines) is 1. The molecule has 23 heavy (non-hydrogen) atoms. The van der Waals surface area contributed by atoms with Gasteiger partial charge in [0.05, 0.1) is 30.4 Å². The van der Waals surface area contributed by atoms with Crippen LogP contribution in [0.5, 0.6) is 5.75 Å². The van der Waals surface area contributed by atoms with Gasteiger partial charge in [-0.25, -0.2) is 9.78 Å². The second kappa shape index (κ2) is 6.50. The van der Waals surface area contributed by atoms with Gasteiger partial charge in [0.1, 0.15) is 17.6 Å². The Labute approximate surface area is 139 Å². The molecule has 2 amide bonds. The third-order valence-electron chi connectivity index (χ3n) is 3.73. The number of halogens is 1. The molecule has 2 heterocycles. The van der Waals surface area contributed by atoms with Crippen LogP contribution in [-0.2, 0) is 6.54 Å². The molecule has 1 saturated heterocycles. The first-order valence-electron chi connectivity index (χ1n) is 7.40. The van der Waals surface area contributed by atoms with Crippen molar-refractivity contribution in [3.63, 3.8) is 0 Å². The molecule has 1 fully saturated rings. The van der Waals surface area contributed by atoms with E-state index in [0.717, 1.165) is 11.5 Å². The highest BCUT2D eigenvalue weighted by molar-refractivity contribution is 6.32. The molecule has 1 aromatic carbocycles. The molecule has 0 radical (unpaired) electrons. The number of nitrogens with one attached hydrogen (secondary N) is 1. The van der Waals surface area contributed by atoms with Crippen molar-refractivity contribution in [3.8, 4) is 5.75 Å². The van der Waals surface area contributed by atoms with Crippen molar-refractivity contribution in [1.29, 1.82) is 0 Å². The van der Waals surface area contributed by atoms with Gasteiger partial charge in [0.25, 0.3) is 0 Å². The van der Waals surface area contributed by atoms with Gasteiger partial charge in [0.2, 0.25) is 5.89 Å². The van der Waals surface area contributed by atoms with E-state index < -0.39 is 0 Å². The molecule has 1 aliphatic heterocycles. The lowest BCUT2D eigenvalue weighted by Crippen LogP contribution is -2.58. The highest BCUT2D eigenvalue weighted by atomic mass is 35.5. The first-order chi connectivity index (χ1) is 11.0. The molecule has 0 spiro atoms. The van der Waals surface area contributed by atoms with Crippen LogP contribution in [0.3, 0.4) is 0 Å². The summed E-state index contributed by atoms with van der Waals surface area (Å²) < 4.78 is 11.2. The molecule has 1 N–H and O–H groups in total. The normalized spacial score (nSPS) is 14.5. The minimum atomic E-state index is -0.155. The van der Waals surface area contributed by atoms with Gasteiger partial charge >= 0.3 is 6.03 Å². The predicted octanol–water partition coefficient (Wildman–Crippen LogP) is 2.92. The highest BCUT2D eigenvalue weighted by Crippen LogP contribution is 2.26. The van der Waals surface area contributed by atoms with Crippen LogP contribution in [0.4, 0.5) is 4.79 Å². The Bertz CT molecular complexity index is 691. The van der Waals surface area contributed by atoms with E-state index in [4.69, 9.17) is 20.8 Å². The summed E-state index contributed by atoms with van der Waals surface area (Å²) in [6, 6.07) is 7.16. The van der Waals surface area contributed by atoms with Gasteiger partial charge in [-0.1, -0.05) is 23.7 Å². The summed E-state index contributed by atoms with van der Waals surface area (Å²) in [7, 11) is 0. The Kier molecular flexibility index (Phi) is 4.43. The number of hydrogen-bond donors (Lipinski definition) is 1. The average molecular weight is 336 g/mol. The smallest absolute Gasteiger partial charge is 0.318 e. The fraction of sp³-hybridized carbons (Fsp3) is 0.375. The quantitative estimate of drug-likeness (QED) is 0.932. The Hall–Kier alpha value is -2.21. The van der Waals surface area contributed by atoms with Crippen molar-refractivity contribution >= 4 is 17.6 Å². The zero-order chi connectivity index (χ0) is 16.4. The molecule has 7 heteroatoms. The number of aryl methyl sites for hydroxylation is 2. The van der Waals surface area contributed by atoms with Gasteiger partial charge < -0.3 is 19.4 Å². The predicted molar refractivity (Wildman–Crippen MR) is 85.7 cm³/mol. The number of para-hydroxylation sites is 1. The van der Waals surface area contributed by atoms with E-state index in [0.29, 0.717) is 29.8 Å². The van der Waals surface area contributed by atoms with Crippen molar-refractivity contribution in [3.05, 3.63) is 46.6 Å². The number of ether oxygens (including phenoxy) is 1. The molecule has 0 unspecified atom stereocenters. The lowest BCUT2D eigenvalue weighted by Gasteiger charge is -2.38. The van der Waals surface area contributed by atoms with Gasteiger partial charge in [0.15, 0.2) is 0 Å². The number of rotatable bonds is 4. The van der Waals surface area contributed by atoms with Crippen LogP contribution in [0.25, 0.3) is 0 Å². The lowest BCUT2D eigenvalue weighted by molar-refractivity contribution is 0.0442. The van der Waals surface area contributed by atoms with E-state index in [2.05, 4.69) is 10.3 Å². The maximum absolute atomic E-state index is 12.0. The molecule has 1 aromatic heterocycles. The number of amides is 2. The summed E-state index contributed by atoms with van der Waals surface area (Å²) in [5.74, 6) is 1.93. The molecule has 0 bridgehead atoms. The van der Waals surface area contributed by atoms with Gasteiger partial charge in [-0.05, 0) is 26.0 Å². The zero-order valence-electron chi connectivity index (χ0n) is 13.0. The molecular formula is C16H18ClN3O3. The molecule has 6 nitrogen and oxygen atoms in total. The van der Waals surface area contributed by atoms with Crippen molar-refractivity contribution in [1.82, 2.24) is 15.2 Å². The summed E-state index contributed by atoms with van der Waals surface area (Å²) in [6.07, 6.45) is -0.0353. The molecule has 0 aliphatic carbocycles. The number of aromatic nitrogens is 1. The van der Waals surface area contributed by atoms with Crippen LogP contribution in [0.1, 0.15) is 17.3 Å². The van der Waals surface area contributed by atoms with Crippen LogP contribution in [0.2, 0.25) is 5.02 Å². The lowest BCUT2D eigenvalue weighted by atomic mass is 10.2. The van der Waals surface area contributed by atoms with E-state index in [1.165, 1.54) is 0 Å². The fourth-order valence-electron chi connectivity index (χ4n) is 2.28. The van der Waals surface area contributed by atoms with Crippen LogP contribution in [-0.4, -0.2) is 35.1 Å². The van der Waals surface area contributed by atoms with Gasteiger partial charge in [-0.3, -0.25) is 0 Å². The Morgan fingerprint density at radius 3 is 2.83 bits per heavy atom. The number of hydrogen-bond acceptors (Lipinski definition) is 4. The number of carbonyl (C=O) groups is 1. The van der Waals surface area contributed by atoms with Crippen LogP contribution < -0.4 is 10.1 Å². The van der Waals surface area contributed by atoms with Crippen LogP contribution in [0, 0.1) is 13.8 Å². The SMILES string of the molecule is Cc1nc(CNC(=O)N2CC(Oc3ccccc3Cl)C2)oc1C. The van der Waals surface area contributed by atoms with Crippen molar-refractivity contribution < 1.29 is 13.9 Å². The first kappa shape index (κ1) is 15.7. The van der Waals surface area contributed by atoms with Gasteiger partial charge in [0, 0.05) is 0 Å². The second-order valence-electron chi connectivity index (χ2n) is 5.48. The van der Waals surface area contributed by atoms with Crippen molar-refractivity contribution in [2.24, 2.45) is 0 Å². The van der Waals surface area contributed by atoms with Gasteiger partial charge in [-0.2, -0.15) is 0 Å².